The van der Waals surface area contributed by atoms with Crippen molar-refractivity contribution < 1.29 is 23.1 Å². The Morgan fingerprint density at radius 2 is 1.92 bits per heavy atom. The first-order valence-electron chi connectivity index (χ1n) is 7.80. The van der Waals surface area contributed by atoms with E-state index in [-0.39, 0.29) is 6.54 Å². The van der Waals surface area contributed by atoms with Crippen molar-refractivity contribution in [2.75, 3.05) is 6.54 Å². The molecule has 2 N–H and O–H groups in total. The number of benzene rings is 2. The van der Waals surface area contributed by atoms with Gasteiger partial charge in [0, 0.05) is 19.2 Å². The van der Waals surface area contributed by atoms with Crippen molar-refractivity contribution in [3.8, 4) is 0 Å². The lowest BCUT2D eigenvalue weighted by Crippen LogP contribution is -2.28. The van der Waals surface area contributed by atoms with Crippen LogP contribution in [-0.4, -0.2) is 27.1 Å². The fraction of sp³-hybridized carbons (Fsp3) is 0.222. The molecule has 5 nitrogen and oxygen atoms in total. The number of hydrogen-bond acceptors (Lipinski definition) is 3. The van der Waals surface area contributed by atoms with Crippen LogP contribution in [0, 0.1) is 0 Å². The van der Waals surface area contributed by atoms with E-state index in [4.69, 9.17) is 0 Å². The third kappa shape index (κ3) is 3.70. The van der Waals surface area contributed by atoms with Crippen LogP contribution in [0.5, 0.6) is 0 Å². The molecule has 3 aromatic rings. The zero-order valence-electron chi connectivity index (χ0n) is 13.8. The minimum Gasteiger partial charge on any atom is -0.387 e. The van der Waals surface area contributed by atoms with Crippen LogP contribution >= 0.6 is 0 Å². The van der Waals surface area contributed by atoms with E-state index in [1.165, 1.54) is 12.1 Å². The number of carbonyl (C=O) groups is 1. The predicted molar refractivity (Wildman–Crippen MR) is 89.5 cm³/mol. The molecule has 1 amide bonds. The Hall–Kier alpha value is -2.87. The minimum absolute atomic E-state index is 0.121. The predicted octanol–water partition coefficient (Wildman–Crippen LogP) is 3.06. The Morgan fingerprint density at radius 1 is 1.23 bits per heavy atom. The number of aliphatic hydroxyl groups is 1. The maximum atomic E-state index is 12.5. The first-order chi connectivity index (χ1) is 12.3. The largest absolute Gasteiger partial charge is 0.416 e. The Labute approximate surface area is 147 Å². The highest BCUT2D eigenvalue weighted by molar-refractivity contribution is 5.97. The smallest absolute Gasteiger partial charge is 0.387 e. The Kier molecular flexibility index (Phi) is 4.69. The number of fused-ring (bicyclic) bond motifs is 1. The summed E-state index contributed by atoms with van der Waals surface area (Å²) in [7, 11) is 1.84. The van der Waals surface area contributed by atoms with Gasteiger partial charge >= 0.3 is 6.18 Å². The molecule has 1 unspecified atom stereocenters. The van der Waals surface area contributed by atoms with Crippen molar-refractivity contribution in [2.24, 2.45) is 7.05 Å². The molecule has 0 aliphatic rings. The van der Waals surface area contributed by atoms with Gasteiger partial charge in [-0.3, -0.25) is 4.79 Å². The summed E-state index contributed by atoms with van der Waals surface area (Å²) in [6, 6.07) is 9.23. The molecular formula is C18H16F3N3O2. The van der Waals surface area contributed by atoms with E-state index in [1.54, 1.807) is 24.5 Å². The molecule has 136 valence electrons. The molecule has 1 atom stereocenters. The van der Waals surface area contributed by atoms with Crippen LogP contribution in [0.1, 0.15) is 27.6 Å². The molecule has 0 saturated heterocycles. The van der Waals surface area contributed by atoms with Gasteiger partial charge in [0.15, 0.2) is 0 Å². The Balaban J connectivity index is 1.64. The quantitative estimate of drug-likeness (QED) is 0.749. The van der Waals surface area contributed by atoms with Gasteiger partial charge in [0.1, 0.15) is 0 Å². The summed E-state index contributed by atoms with van der Waals surface area (Å²) in [5, 5.41) is 12.6. The normalized spacial score (nSPS) is 13.0. The number of nitrogens with zero attached hydrogens (tertiary/aromatic N) is 2. The molecule has 8 heteroatoms. The van der Waals surface area contributed by atoms with Crippen molar-refractivity contribution in [3.05, 3.63) is 65.5 Å². The zero-order chi connectivity index (χ0) is 18.9. The van der Waals surface area contributed by atoms with Gasteiger partial charge < -0.3 is 15.0 Å². The van der Waals surface area contributed by atoms with Crippen molar-refractivity contribution in [1.29, 1.82) is 0 Å². The molecule has 0 saturated carbocycles. The van der Waals surface area contributed by atoms with Crippen LogP contribution in [0.3, 0.4) is 0 Å². The van der Waals surface area contributed by atoms with Gasteiger partial charge in [-0.2, -0.15) is 13.2 Å². The van der Waals surface area contributed by atoms with E-state index >= 15 is 0 Å². The highest BCUT2D eigenvalue weighted by atomic mass is 19.4. The van der Waals surface area contributed by atoms with Gasteiger partial charge in [0.05, 0.1) is 29.0 Å². The lowest BCUT2D eigenvalue weighted by Gasteiger charge is -2.14. The van der Waals surface area contributed by atoms with Crippen LogP contribution in [-0.2, 0) is 13.2 Å². The van der Waals surface area contributed by atoms with Gasteiger partial charge in [-0.25, -0.2) is 4.98 Å². The van der Waals surface area contributed by atoms with Crippen LogP contribution in [0.25, 0.3) is 11.0 Å². The lowest BCUT2D eigenvalue weighted by atomic mass is 10.1. The van der Waals surface area contributed by atoms with E-state index in [2.05, 4.69) is 10.3 Å². The SMILES string of the molecule is Cn1cnc2cc(C(=O)NCC(O)c3ccc(C(F)(F)F)cc3)ccc21. The standard InChI is InChI=1S/C18H16F3N3O2/c1-24-10-23-14-8-12(4-7-15(14)24)17(26)22-9-16(25)11-2-5-13(6-3-11)18(19,20)21/h2-8,10,16,25H,9H2,1H3,(H,22,26). The first kappa shape index (κ1) is 17.9. The molecule has 0 spiro atoms. The third-order valence-electron chi connectivity index (χ3n) is 4.07. The van der Waals surface area contributed by atoms with Crippen LogP contribution in [0.2, 0.25) is 0 Å². The number of aryl methyl sites for hydroxylation is 1. The number of alkyl halides is 3. The molecule has 0 bridgehead atoms. The summed E-state index contributed by atoms with van der Waals surface area (Å²) >= 11 is 0. The third-order valence-corrected chi connectivity index (χ3v) is 4.07. The number of nitrogens with one attached hydrogen (secondary N) is 1. The summed E-state index contributed by atoms with van der Waals surface area (Å²) in [5.74, 6) is -0.400. The molecule has 0 aliphatic heterocycles. The summed E-state index contributed by atoms with van der Waals surface area (Å²) in [6.45, 7) is -0.121. The Bertz CT molecular complexity index is 933. The second kappa shape index (κ2) is 6.80. The number of hydrogen-bond donors (Lipinski definition) is 2. The average molecular weight is 363 g/mol. The molecular weight excluding hydrogens is 347 g/mol. The number of rotatable bonds is 4. The topological polar surface area (TPSA) is 67.2 Å². The van der Waals surface area contributed by atoms with Gasteiger partial charge in [0.25, 0.3) is 5.91 Å². The molecule has 2 aromatic carbocycles. The number of imidazole rings is 1. The van der Waals surface area contributed by atoms with Gasteiger partial charge in [0.2, 0.25) is 0 Å². The van der Waals surface area contributed by atoms with E-state index in [9.17, 15) is 23.1 Å². The van der Waals surface area contributed by atoms with E-state index in [0.29, 0.717) is 16.6 Å². The van der Waals surface area contributed by atoms with E-state index < -0.39 is 23.8 Å². The summed E-state index contributed by atoms with van der Waals surface area (Å²) in [4.78, 5) is 16.4. The molecule has 0 aliphatic carbocycles. The number of amides is 1. The number of aromatic nitrogens is 2. The van der Waals surface area contributed by atoms with Crippen molar-refractivity contribution in [3.63, 3.8) is 0 Å². The Morgan fingerprint density at radius 3 is 2.58 bits per heavy atom. The molecule has 1 heterocycles. The highest BCUT2D eigenvalue weighted by Gasteiger charge is 2.30. The summed E-state index contributed by atoms with van der Waals surface area (Å²) in [5.41, 5.74) is 1.44. The van der Waals surface area contributed by atoms with Crippen LogP contribution < -0.4 is 5.32 Å². The van der Waals surface area contributed by atoms with Crippen molar-refractivity contribution in [2.45, 2.75) is 12.3 Å². The van der Waals surface area contributed by atoms with Crippen molar-refractivity contribution >= 4 is 16.9 Å². The first-order valence-corrected chi connectivity index (χ1v) is 7.80. The summed E-state index contributed by atoms with van der Waals surface area (Å²) < 4.78 is 39.5. The highest BCUT2D eigenvalue weighted by Crippen LogP contribution is 2.29. The molecule has 1 aromatic heterocycles. The fourth-order valence-corrected chi connectivity index (χ4v) is 2.58. The summed E-state index contributed by atoms with van der Waals surface area (Å²) in [6.07, 6.45) is -3.90. The van der Waals surface area contributed by atoms with Gasteiger partial charge in [-0.05, 0) is 35.9 Å². The minimum atomic E-state index is -4.43. The second-order valence-corrected chi connectivity index (χ2v) is 5.90. The molecule has 3 rings (SSSR count). The van der Waals surface area contributed by atoms with Crippen molar-refractivity contribution in [1.82, 2.24) is 14.9 Å². The number of aliphatic hydroxyl groups excluding tert-OH is 1. The molecule has 0 radical (unpaired) electrons. The monoisotopic (exact) mass is 363 g/mol. The van der Waals surface area contributed by atoms with E-state index in [0.717, 1.165) is 17.6 Å². The maximum absolute atomic E-state index is 12.5. The fourth-order valence-electron chi connectivity index (χ4n) is 2.58. The van der Waals surface area contributed by atoms with Gasteiger partial charge in [-0.15, -0.1) is 0 Å². The van der Waals surface area contributed by atoms with E-state index in [1.807, 2.05) is 11.6 Å². The number of halogens is 3. The lowest BCUT2D eigenvalue weighted by molar-refractivity contribution is -0.137. The van der Waals surface area contributed by atoms with Gasteiger partial charge in [-0.1, -0.05) is 12.1 Å². The molecule has 0 fully saturated rings. The van der Waals surface area contributed by atoms with Crippen LogP contribution in [0.15, 0.2) is 48.8 Å². The molecule has 26 heavy (non-hydrogen) atoms. The van der Waals surface area contributed by atoms with Crippen LogP contribution in [0.4, 0.5) is 13.2 Å². The maximum Gasteiger partial charge on any atom is 0.416 e. The number of carbonyl (C=O) groups excluding carboxylic acids is 1. The zero-order valence-corrected chi connectivity index (χ0v) is 13.8. The average Bonchev–Trinajstić information content (AvgIpc) is 2.99. The second-order valence-electron chi connectivity index (χ2n) is 5.90.